The topological polar surface area (TPSA) is 170 Å². The van der Waals surface area contributed by atoms with Crippen molar-refractivity contribution in [2.24, 2.45) is 21.3 Å². The fraction of sp³-hybridized carbons (Fsp3) is 0.273. The zero-order chi connectivity index (χ0) is 24.3. The van der Waals surface area contributed by atoms with E-state index in [1.807, 2.05) is 11.0 Å². The number of benzene rings is 2. The van der Waals surface area contributed by atoms with Gasteiger partial charge in [0.05, 0.1) is 22.9 Å². The summed E-state index contributed by atoms with van der Waals surface area (Å²) in [5, 5.41) is 26.3. The van der Waals surface area contributed by atoms with Crippen LogP contribution >= 0.6 is 0 Å². The van der Waals surface area contributed by atoms with E-state index in [0.29, 0.717) is 36.1 Å². The van der Waals surface area contributed by atoms with Crippen molar-refractivity contribution in [3.8, 4) is 5.88 Å². The van der Waals surface area contributed by atoms with Gasteiger partial charge in [-0.25, -0.2) is 13.6 Å². The molecule has 178 valence electrons. The summed E-state index contributed by atoms with van der Waals surface area (Å²) in [6.07, 6.45) is 1.35. The number of nitrogens with zero attached hydrogens (tertiary/aromatic N) is 3. The van der Waals surface area contributed by atoms with Crippen LogP contribution in [0.25, 0.3) is 10.9 Å². The highest BCUT2D eigenvalue weighted by molar-refractivity contribution is 7.89. The van der Waals surface area contributed by atoms with E-state index < -0.39 is 21.8 Å². The molecule has 12 heteroatoms. The van der Waals surface area contributed by atoms with Crippen LogP contribution in [0.5, 0.6) is 5.88 Å². The Bertz CT molecular complexity index is 1350. The molecule has 0 bridgehead atoms. The first-order chi connectivity index (χ1) is 16.2. The average molecular weight is 485 g/mol. The van der Waals surface area contributed by atoms with Crippen LogP contribution in [0, 0.1) is 5.92 Å². The summed E-state index contributed by atoms with van der Waals surface area (Å²) in [6.45, 7) is 1.08. The Morgan fingerprint density at radius 2 is 1.91 bits per heavy atom. The highest BCUT2D eigenvalue weighted by Gasteiger charge is 2.27. The molecule has 11 nitrogen and oxygen atoms in total. The highest BCUT2D eigenvalue weighted by Crippen LogP contribution is 2.35. The number of azo groups is 1. The number of piperidine rings is 1. The van der Waals surface area contributed by atoms with Crippen molar-refractivity contribution in [2.75, 3.05) is 25.0 Å². The van der Waals surface area contributed by atoms with Gasteiger partial charge in [-0.15, -0.1) is 10.2 Å². The maximum absolute atomic E-state index is 12.6. The largest absolute Gasteiger partial charge is 0.493 e. The summed E-state index contributed by atoms with van der Waals surface area (Å²) in [6, 6.07) is 12.7. The maximum Gasteiger partial charge on any atom is 0.269 e. The molecule has 34 heavy (non-hydrogen) atoms. The molecule has 1 unspecified atom stereocenters. The lowest BCUT2D eigenvalue weighted by atomic mass is 9.97. The molecule has 1 fully saturated rings. The number of hydrogen-bond acceptors (Lipinski definition) is 7. The lowest BCUT2D eigenvalue weighted by molar-refractivity contribution is -0.125. The zero-order valence-electron chi connectivity index (χ0n) is 18.1. The number of aromatic hydroxyl groups is 1. The van der Waals surface area contributed by atoms with Crippen molar-refractivity contribution in [3.05, 3.63) is 48.5 Å². The van der Waals surface area contributed by atoms with Crippen molar-refractivity contribution in [1.29, 1.82) is 0 Å². The number of hydrogen-bond donors (Lipinski definition) is 4. The smallest absolute Gasteiger partial charge is 0.269 e. The number of carbonyl (C=O) groups excluding carboxylic acids is 2. The summed E-state index contributed by atoms with van der Waals surface area (Å²) in [5.41, 5.74) is 1.34. The summed E-state index contributed by atoms with van der Waals surface area (Å²) >= 11 is 0. The fourth-order valence-corrected chi connectivity index (χ4v) is 4.44. The molecular weight excluding hydrogens is 460 g/mol. The Hall–Kier alpha value is -3.61. The Kier molecular flexibility index (Phi) is 6.72. The molecule has 2 aromatic carbocycles. The molecule has 1 aromatic heterocycles. The molecular formula is C22H24N6O5S. The summed E-state index contributed by atoms with van der Waals surface area (Å²) in [5.74, 6) is -1.27. The van der Waals surface area contributed by atoms with Gasteiger partial charge < -0.3 is 15.4 Å². The number of aromatic amines is 1. The molecule has 3 aromatic rings. The van der Waals surface area contributed by atoms with Crippen molar-refractivity contribution < 1.29 is 23.1 Å². The minimum absolute atomic E-state index is 0.0435. The van der Waals surface area contributed by atoms with Gasteiger partial charge in [0, 0.05) is 17.6 Å². The van der Waals surface area contributed by atoms with Crippen LogP contribution in [0.1, 0.15) is 12.8 Å². The van der Waals surface area contributed by atoms with Gasteiger partial charge in [-0.3, -0.25) is 14.5 Å². The Morgan fingerprint density at radius 1 is 1.18 bits per heavy atom. The van der Waals surface area contributed by atoms with E-state index in [4.69, 9.17) is 5.14 Å². The second-order valence-electron chi connectivity index (χ2n) is 8.10. The first kappa shape index (κ1) is 23.5. The Balaban J connectivity index is 1.34. The molecule has 0 saturated carbocycles. The number of aromatic nitrogens is 1. The van der Waals surface area contributed by atoms with Gasteiger partial charge in [0.15, 0.2) is 5.69 Å². The van der Waals surface area contributed by atoms with Crippen LogP contribution in [0.2, 0.25) is 0 Å². The predicted octanol–water partition coefficient (Wildman–Crippen LogP) is 2.48. The number of likely N-dealkylation sites (tertiary alicyclic amines) is 1. The molecule has 2 heterocycles. The average Bonchev–Trinajstić information content (AvgIpc) is 3.12. The van der Waals surface area contributed by atoms with E-state index in [9.17, 15) is 23.1 Å². The van der Waals surface area contributed by atoms with Gasteiger partial charge >= 0.3 is 0 Å². The number of sulfonamides is 1. The van der Waals surface area contributed by atoms with Gasteiger partial charge in [0.25, 0.3) is 5.91 Å². The van der Waals surface area contributed by atoms with Crippen LogP contribution in [0.4, 0.5) is 11.4 Å². The van der Waals surface area contributed by atoms with Crippen LogP contribution < -0.4 is 10.5 Å². The molecule has 1 aliphatic heterocycles. The number of nitrogens with two attached hydrogens (primary N) is 1. The van der Waals surface area contributed by atoms with Crippen LogP contribution in [0.3, 0.4) is 0 Å². The van der Waals surface area contributed by atoms with Crippen molar-refractivity contribution in [1.82, 2.24) is 9.88 Å². The Morgan fingerprint density at radius 3 is 2.65 bits per heavy atom. The van der Waals surface area contributed by atoms with Crippen molar-refractivity contribution in [2.45, 2.75) is 17.7 Å². The number of fused-ring (bicyclic) bond motifs is 1. The van der Waals surface area contributed by atoms with Crippen LogP contribution in [0.15, 0.2) is 63.7 Å². The van der Waals surface area contributed by atoms with E-state index in [-0.39, 0.29) is 28.9 Å². The monoisotopic (exact) mass is 484 g/mol. The summed E-state index contributed by atoms with van der Waals surface area (Å²) in [7, 11) is -3.80. The minimum Gasteiger partial charge on any atom is -0.493 e. The third-order valence-corrected chi connectivity index (χ3v) is 6.53. The lowest BCUT2D eigenvalue weighted by Gasteiger charge is -2.30. The molecule has 0 spiro atoms. The first-order valence-corrected chi connectivity index (χ1v) is 12.2. The summed E-state index contributed by atoms with van der Waals surface area (Å²) in [4.78, 5) is 29.7. The van der Waals surface area contributed by atoms with E-state index in [1.165, 1.54) is 24.3 Å². The minimum atomic E-state index is -3.80. The lowest BCUT2D eigenvalue weighted by Crippen LogP contribution is -2.42. The van der Waals surface area contributed by atoms with Gasteiger partial charge in [0.2, 0.25) is 21.8 Å². The summed E-state index contributed by atoms with van der Waals surface area (Å²) < 4.78 is 22.7. The van der Waals surface area contributed by atoms with Crippen LogP contribution in [-0.2, 0) is 19.6 Å². The van der Waals surface area contributed by atoms with Gasteiger partial charge in [-0.05, 0) is 49.7 Å². The third-order valence-electron chi connectivity index (χ3n) is 5.60. The SMILES string of the molecule is NS(=O)(=O)c1ccc(NC(=O)CN2CCCC(C(=O)N=Nc3c(O)[nH]c4ccccc34)C2)cc1. The number of para-hydroxylation sites is 1. The quantitative estimate of drug-likeness (QED) is 0.392. The number of H-pyrrole nitrogens is 1. The molecule has 1 saturated heterocycles. The van der Waals surface area contributed by atoms with E-state index >= 15 is 0 Å². The normalized spacial score (nSPS) is 17.3. The number of nitrogens with one attached hydrogen (secondary N) is 2. The predicted molar refractivity (Wildman–Crippen MR) is 125 cm³/mol. The number of rotatable bonds is 6. The molecule has 2 amide bonds. The molecule has 0 radical (unpaired) electrons. The van der Waals surface area contributed by atoms with Crippen molar-refractivity contribution >= 4 is 44.1 Å². The van der Waals surface area contributed by atoms with Crippen molar-refractivity contribution in [3.63, 3.8) is 0 Å². The second-order valence-corrected chi connectivity index (χ2v) is 9.66. The van der Waals surface area contributed by atoms with E-state index in [0.717, 1.165) is 6.42 Å². The molecule has 1 aliphatic rings. The highest BCUT2D eigenvalue weighted by atomic mass is 32.2. The first-order valence-electron chi connectivity index (χ1n) is 10.6. The Labute approximate surface area is 195 Å². The fourth-order valence-electron chi connectivity index (χ4n) is 3.93. The van der Waals surface area contributed by atoms with E-state index in [1.54, 1.807) is 18.2 Å². The maximum atomic E-state index is 12.6. The van der Waals surface area contributed by atoms with Gasteiger partial charge in [-0.1, -0.05) is 18.2 Å². The molecule has 0 aliphatic carbocycles. The standard InChI is InChI=1S/C22H24N6O5S/c23-34(32,33)16-9-7-15(8-10-16)24-19(29)13-28-11-3-4-14(12-28)21(30)27-26-20-17-5-1-2-6-18(17)25-22(20)31/h1-2,5-10,14,25,31H,3-4,11-13H2,(H,24,29)(H2,23,32,33). The van der Waals surface area contributed by atoms with Gasteiger partial charge in [-0.2, -0.15) is 0 Å². The molecule has 4 rings (SSSR count). The number of carbonyl (C=O) groups is 2. The number of amides is 2. The molecule has 5 N–H and O–H groups in total. The van der Waals surface area contributed by atoms with E-state index in [2.05, 4.69) is 20.5 Å². The van der Waals surface area contributed by atoms with Crippen LogP contribution in [-0.4, -0.2) is 54.9 Å². The van der Waals surface area contributed by atoms with Gasteiger partial charge in [0.1, 0.15) is 0 Å². The zero-order valence-corrected chi connectivity index (χ0v) is 19.0. The number of anilines is 1. The number of primary sulfonamides is 1. The second kappa shape index (κ2) is 9.71. The molecule has 1 atom stereocenters. The third kappa shape index (κ3) is 5.47.